The van der Waals surface area contributed by atoms with E-state index >= 15 is 0 Å². The Bertz CT molecular complexity index is 661. The van der Waals surface area contributed by atoms with Gasteiger partial charge in [-0.15, -0.1) is 0 Å². The molecule has 0 unspecified atom stereocenters. The van der Waals surface area contributed by atoms with E-state index in [1.54, 1.807) is 0 Å². The molecule has 0 aliphatic rings. The number of alkyl halides is 3. The van der Waals surface area contributed by atoms with Gasteiger partial charge in [0.25, 0.3) is 0 Å². The highest BCUT2D eigenvalue weighted by Crippen LogP contribution is 2.29. The van der Waals surface area contributed by atoms with Crippen molar-refractivity contribution in [1.82, 2.24) is 4.98 Å². The minimum atomic E-state index is -4.48. The van der Waals surface area contributed by atoms with Crippen molar-refractivity contribution in [3.63, 3.8) is 0 Å². The lowest BCUT2D eigenvalue weighted by Crippen LogP contribution is -2.19. The molecule has 0 radical (unpaired) electrons. The van der Waals surface area contributed by atoms with E-state index < -0.39 is 18.6 Å². The zero-order valence-corrected chi connectivity index (χ0v) is 11.2. The lowest BCUT2D eigenvalue weighted by molar-refractivity contribution is -0.153. The van der Waals surface area contributed by atoms with Crippen LogP contribution in [0.5, 0.6) is 5.75 Å². The highest BCUT2D eigenvalue weighted by molar-refractivity contribution is 6.30. The van der Waals surface area contributed by atoms with Crippen LogP contribution in [0.25, 0.3) is 11.3 Å². The molecule has 0 spiro atoms. The van der Waals surface area contributed by atoms with Crippen molar-refractivity contribution < 1.29 is 22.3 Å². The molecule has 2 aromatic rings. The molecule has 0 fully saturated rings. The maximum Gasteiger partial charge on any atom is 0.422 e. The van der Waals surface area contributed by atoms with Gasteiger partial charge in [-0.2, -0.15) is 13.2 Å². The Labute approximate surface area is 122 Å². The van der Waals surface area contributed by atoms with E-state index in [-0.39, 0.29) is 27.7 Å². The molecule has 8 heteroatoms. The second-order valence-electron chi connectivity index (χ2n) is 4.14. The summed E-state index contributed by atoms with van der Waals surface area (Å²) in [5, 5.41) is 0.217. The highest BCUT2D eigenvalue weighted by atomic mass is 35.5. The SMILES string of the molecule is Nc1cc(-c2ccc(Cl)cc2F)ncc1OCC(F)(F)F. The van der Waals surface area contributed by atoms with Gasteiger partial charge in [0.05, 0.1) is 17.6 Å². The molecule has 0 atom stereocenters. The van der Waals surface area contributed by atoms with Gasteiger partial charge in [-0.05, 0) is 24.3 Å². The van der Waals surface area contributed by atoms with E-state index in [4.69, 9.17) is 17.3 Å². The zero-order chi connectivity index (χ0) is 15.6. The zero-order valence-electron chi connectivity index (χ0n) is 10.4. The number of anilines is 1. The first-order chi connectivity index (χ1) is 9.76. The summed E-state index contributed by atoms with van der Waals surface area (Å²) in [6.07, 6.45) is -3.46. The Hall–Kier alpha value is -2.02. The third kappa shape index (κ3) is 3.98. The summed E-state index contributed by atoms with van der Waals surface area (Å²) in [6.45, 7) is -1.48. The fourth-order valence-electron chi connectivity index (χ4n) is 1.58. The quantitative estimate of drug-likeness (QED) is 0.867. The van der Waals surface area contributed by atoms with Crippen LogP contribution in [0, 0.1) is 5.82 Å². The monoisotopic (exact) mass is 320 g/mol. The first-order valence-electron chi connectivity index (χ1n) is 5.67. The number of hydrogen-bond acceptors (Lipinski definition) is 3. The minimum Gasteiger partial charge on any atom is -0.480 e. The molecule has 1 aromatic heterocycles. The summed E-state index contributed by atoms with van der Waals surface area (Å²) in [5.41, 5.74) is 5.82. The average Bonchev–Trinajstić information content (AvgIpc) is 2.36. The van der Waals surface area contributed by atoms with Crippen molar-refractivity contribution in [2.75, 3.05) is 12.3 Å². The smallest absolute Gasteiger partial charge is 0.422 e. The van der Waals surface area contributed by atoms with Crippen LogP contribution in [-0.4, -0.2) is 17.8 Å². The van der Waals surface area contributed by atoms with E-state index in [1.165, 1.54) is 18.2 Å². The maximum atomic E-state index is 13.7. The number of nitrogens with two attached hydrogens (primary N) is 1. The van der Waals surface area contributed by atoms with Crippen LogP contribution in [0.4, 0.5) is 23.2 Å². The molecular formula is C13H9ClF4N2O. The van der Waals surface area contributed by atoms with Crippen molar-refractivity contribution in [1.29, 1.82) is 0 Å². The Morgan fingerprint density at radius 1 is 1.24 bits per heavy atom. The molecule has 0 amide bonds. The standard InChI is InChI=1S/C13H9ClF4N2O/c14-7-1-2-8(9(15)3-7)11-4-10(19)12(5-20-11)21-6-13(16,17)18/h1-5H,6H2,(H2,19,20). The summed E-state index contributed by atoms with van der Waals surface area (Å²) in [5.74, 6) is -0.830. The van der Waals surface area contributed by atoms with E-state index in [0.29, 0.717) is 0 Å². The molecular weight excluding hydrogens is 312 g/mol. The van der Waals surface area contributed by atoms with Crippen LogP contribution in [0.15, 0.2) is 30.5 Å². The van der Waals surface area contributed by atoms with E-state index in [1.807, 2.05) is 0 Å². The Balaban J connectivity index is 2.26. The maximum absolute atomic E-state index is 13.7. The molecule has 2 rings (SSSR count). The normalized spacial score (nSPS) is 11.5. The van der Waals surface area contributed by atoms with Gasteiger partial charge in [0.1, 0.15) is 5.82 Å². The van der Waals surface area contributed by atoms with Gasteiger partial charge in [-0.1, -0.05) is 11.6 Å². The van der Waals surface area contributed by atoms with Gasteiger partial charge in [0.15, 0.2) is 12.4 Å². The van der Waals surface area contributed by atoms with Crippen molar-refractivity contribution in [2.45, 2.75) is 6.18 Å². The van der Waals surface area contributed by atoms with Gasteiger partial charge in [0, 0.05) is 10.6 Å². The van der Waals surface area contributed by atoms with Crippen molar-refractivity contribution >= 4 is 17.3 Å². The van der Waals surface area contributed by atoms with Gasteiger partial charge in [-0.25, -0.2) is 4.39 Å². The summed E-state index contributed by atoms with van der Waals surface area (Å²) >= 11 is 5.63. The van der Waals surface area contributed by atoms with Gasteiger partial charge in [0.2, 0.25) is 0 Å². The van der Waals surface area contributed by atoms with Gasteiger partial charge in [-0.3, -0.25) is 4.98 Å². The van der Waals surface area contributed by atoms with Crippen molar-refractivity contribution in [3.05, 3.63) is 41.3 Å². The number of nitrogens with zero attached hydrogens (tertiary/aromatic N) is 1. The second-order valence-corrected chi connectivity index (χ2v) is 4.57. The number of ether oxygens (including phenoxy) is 1. The predicted molar refractivity (Wildman–Crippen MR) is 70.6 cm³/mol. The van der Waals surface area contributed by atoms with Gasteiger partial charge >= 0.3 is 6.18 Å². The number of rotatable bonds is 3. The third-order valence-corrected chi connectivity index (χ3v) is 2.73. The van der Waals surface area contributed by atoms with Crippen LogP contribution in [0.3, 0.4) is 0 Å². The molecule has 1 aromatic carbocycles. The number of pyridine rings is 1. The molecule has 0 aliphatic heterocycles. The molecule has 112 valence electrons. The number of aromatic nitrogens is 1. The summed E-state index contributed by atoms with van der Waals surface area (Å²) in [4.78, 5) is 3.85. The van der Waals surface area contributed by atoms with Crippen LogP contribution in [0.1, 0.15) is 0 Å². The van der Waals surface area contributed by atoms with E-state index in [2.05, 4.69) is 9.72 Å². The van der Waals surface area contributed by atoms with E-state index in [0.717, 1.165) is 12.3 Å². The minimum absolute atomic E-state index is 0.0707. The van der Waals surface area contributed by atoms with Crippen LogP contribution >= 0.6 is 11.6 Å². The Morgan fingerprint density at radius 2 is 1.95 bits per heavy atom. The molecule has 0 bridgehead atoms. The molecule has 0 saturated heterocycles. The van der Waals surface area contributed by atoms with Gasteiger partial charge < -0.3 is 10.5 Å². The fraction of sp³-hybridized carbons (Fsp3) is 0.154. The molecule has 2 N–H and O–H groups in total. The number of hydrogen-bond donors (Lipinski definition) is 1. The predicted octanol–water partition coefficient (Wildman–Crippen LogP) is 4.06. The summed E-state index contributed by atoms with van der Waals surface area (Å²) in [6, 6.07) is 5.20. The fourth-order valence-corrected chi connectivity index (χ4v) is 1.74. The lowest BCUT2D eigenvalue weighted by atomic mass is 10.1. The number of benzene rings is 1. The van der Waals surface area contributed by atoms with Crippen molar-refractivity contribution in [2.24, 2.45) is 0 Å². The summed E-state index contributed by atoms with van der Waals surface area (Å²) < 4.78 is 54.4. The topological polar surface area (TPSA) is 48.1 Å². The highest BCUT2D eigenvalue weighted by Gasteiger charge is 2.28. The molecule has 3 nitrogen and oxygen atoms in total. The number of nitrogen functional groups attached to an aromatic ring is 1. The Morgan fingerprint density at radius 3 is 2.52 bits per heavy atom. The lowest BCUT2D eigenvalue weighted by Gasteiger charge is -2.12. The molecule has 0 aliphatic carbocycles. The first-order valence-corrected chi connectivity index (χ1v) is 6.04. The van der Waals surface area contributed by atoms with Crippen molar-refractivity contribution in [3.8, 4) is 17.0 Å². The first kappa shape index (κ1) is 15.4. The third-order valence-electron chi connectivity index (χ3n) is 2.50. The number of halogens is 5. The molecule has 1 heterocycles. The molecule has 21 heavy (non-hydrogen) atoms. The van der Waals surface area contributed by atoms with Crippen LogP contribution in [-0.2, 0) is 0 Å². The van der Waals surface area contributed by atoms with Crippen LogP contribution < -0.4 is 10.5 Å². The van der Waals surface area contributed by atoms with E-state index in [9.17, 15) is 17.6 Å². The summed E-state index contributed by atoms with van der Waals surface area (Å²) in [7, 11) is 0. The largest absolute Gasteiger partial charge is 0.480 e. The van der Waals surface area contributed by atoms with Crippen LogP contribution in [0.2, 0.25) is 5.02 Å². The molecule has 0 saturated carbocycles. The average molecular weight is 321 g/mol. The Kier molecular flexibility index (Phi) is 4.22. The second kappa shape index (κ2) is 5.77.